The Kier molecular flexibility index (Phi) is 8.58. The van der Waals surface area contributed by atoms with Gasteiger partial charge in [0.15, 0.2) is 6.61 Å². The number of rotatable bonds is 7. The minimum atomic E-state index is -0.356. The highest BCUT2D eigenvalue weighted by atomic mass is 16.6. The van der Waals surface area contributed by atoms with Gasteiger partial charge in [-0.15, -0.1) is 0 Å². The van der Waals surface area contributed by atoms with E-state index in [4.69, 9.17) is 9.47 Å². The van der Waals surface area contributed by atoms with Crippen LogP contribution in [0.1, 0.15) is 20.3 Å². The fraction of sp³-hybridized carbons (Fsp3) is 0.550. The lowest BCUT2D eigenvalue weighted by molar-refractivity contribution is -0.133. The lowest BCUT2D eigenvalue weighted by atomic mass is 10.2. The number of ether oxygens (including phenoxy) is 2. The maximum Gasteiger partial charge on any atom is 0.409 e. The number of hydrogen-bond acceptors (Lipinski definition) is 5. The van der Waals surface area contributed by atoms with E-state index in [9.17, 15) is 14.4 Å². The molecule has 1 saturated heterocycles. The van der Waals surface area contributed by atoms with Crippen LogP contribution in [0.3, 0.4) is 0 Å². The first kappa shape index (κ1) is 21.5. The number of carbonyl (C=O) groups excluding carboxylic acids is 3. The topological polar surface area (TPSA) is 88.2 Å². The van der Waals surface area contributed by atoms with Crippen LogP contribution in [0, 0.1) is 5.92 Å². The van der Waals surface area contributed by atoms with Crippen LogP contribution in [-0.4, -0.2) is 73.6 Å². The summed E-state index contributed by atoms with van der Waals surface area (Å²) in [6.45, 7) is 6.06. The molecule has 1 heterocycles. The van der Waals surface area contributed by atoms with Crippen molar-refractivity contribution in [2.75, 3.05) is 45.9 Å². The van der Waals surface area contributed by atoms with Gasteiger partial charge >= 0.3 is 6.09 Å². The van der Waals surface area contributed by atoms with Crippen molar-refractivity contribution in [1.82, 2.24) is 15.1 Å². The molecule has 8 heteroatoms. The molecular formula is C20H29N3O5. The molecule has 0 bridgehead atoms. The smallest absolute Gasteiger partial charge is 0.409 e. The van der Waals surface area contributed by atoms with Gasteiger partial charge in [0.25, 0.3) is 5.91 Å². The minimum absolute atomic E-state index is 0.0885. The Bertz CT molecular complexity index is 651. The number of amides is 3. The highest BCUT2D eigenvalue weighted by Gasteiger charge is 2.23. The Morgan fingerprint density at radius 1 is 1.04 bits per heavy atom. The number of carbonyl (C=O) groups is 3. The van der Waals surface area contributed by atoms with Gasteiger partial charge in [-0.25, -0.2) is 4.79 Å². The van der Waals surface area contributed by atoms with Gasteiger partial charge in [-0.3, -0.25) is 9.59 Å². The SMILES string of the molecule is CC(C)COC(=O)N1CCCN(C(=O)CNC(=O)COc2ccccc2)CC1. The van der Waals surface area contributed by atoms with Crippen LogP contribution in [0.25, 0.3) is 0 Å². The molecule has 1 fully saturated rings. The molecule has 0 aromatic heterocycles. The van der Waals surface area contributed by atoms with E-state index in [1.165, 1.54) is 0 Å². The zero-order chi connectivity index (χ0) is 20.4. The van der Waals surface area contributed by atoms with Gasteiger partial charge in [0, 0.05) is 26.2 Å². The zero-order valence-electron chi connectivity index (χ0n) is 16.6. The van der Waals surface area contributed by atoms with Crippen molar-refractivity contribution in [3.63, 3.8) is 0 Å². The van der Waals surface area contributed by atoms with Crippen molar-refractivity contribution >= 4 is 17.9 Å². The van der Waals surface area contributed by atoms with Crippen molar-refractivity contribution in [3.05, 3.63) is 30.3 Å². The molecule has 0 aliphatic carbocycles. The van der Waals surface area contributed by atoms with Gasteiger partial charge in [-0.1, -0.05) is 32.0 Å². The first-order chi connectivity index (χ1) is 13.5. The highest BCUT2D eigenvalue weighted by Crippen LogP contribution is 2.08. The van der Waals surface area contributed by atoms with Gasteiger partial charge in [0.1, 0.15) is 5.75 Å². The molecule has 1 aliphatic heterocycles. The van der Waals surface area contributed by atoms with E-state index in [2.05, 4.69) is 5.32 Å². The first-order valence-corrected chi connectivity index (χ1v) is 9.59. The molecule has 1 N–H and O–H groups in total. The summed E-state index contributed by atoms with van der Waals surface area (Å²) in [7, 11) is 0. The van der Waals surface area contributed by atoms with E-state index in [1.54, 1.807) is 21.9 Å². The van der Waals surface area contributed by atoms with Crippen molar-refractivity contribution in [2.24, 2.45) is 5.92 Å². The van der Waals surface area contributed by atoms with Crippen molar-refractivity contribution < 1.29 is 23.9 Å². The summed E-state index contributed by atoms with van der Waals surface area (Å²) in [6.07, 6.45) is 0.336. The summed E-state index contributed by atoms with van der Waals surface area (Å²) in [5, 5.41) is 2.58. The van der Waals surface area contributed by atoms with E-state index < -0.39 is 0 Å². The second-order valence-electron chi connectivity index (χ2n) is 7.07. The Morgan fingerprint density at radius 3 is 2.43 bits per heavy atom. The molecule has 28 heavy (non-hydrogen) atoms. The van der Waals surface area contributed by atoms with Crippen LogP contribution in [-0.2, 0) is 14.3 Å². The zero-order valence-corrected chi connectivity index (χ0v) is 16.6. The number of nitrogens with one attached hydrogen (secondary N) is 1. The van der Waals surface area contributed by atoms with E-state index in [0.717, 1.165) is 0 Å². The summed E-state index contributed by atoms with van der Waals surface area (Å²) < 4.78 is 10.6. The molecule has 8 nitrogen and oxygen atoms in total. The van der Waals surface area contributed by atoms with Gasteiger partial charge in [0.2, 0.25) is 5.91 Å². The van der Waals surface area contributed by atoms with E-state index in [1.807, 2.05) is 32.0 Å². The van der Waals surface area contributed by atoms with Crippen LogP contribution in [0.2, 0.25) is 0 Å². The maximum atomic E-state index is 12.4. The maximum absolute atomic E-state index is 12.4. The molecule has 0 spiro atoms. The predicted molar refractivity (Wildman–Crippen MR) is 104 cm³/mol. The van der Waals surface area contributed by atoms with Crippen LogP contribution in [0.15, 0.2) is 30.3 Å². The van der Waals surface area contributed by atoms with Gasteiger partial charge in [-0.2, -0.15) is 0 Å². The van der Waals surface area contributed by atoms with Crippen molar-refractivity contribution in [3.8, 4) is 5.75 Å². The predicted octanol–water partition coefficient (Wildman–Crippen LogP) is 1.51. The lowest BCUT2D eigenvalue weighted by Crippen LogP contribution is -2.43. The highest BCUT2D eigenvalue weighted by molar-refractivity contribution is 5.85. The molecule has 0 unspecified atom stereocenters. The largest absolute Gasteiger partial charge is 0.484 e. The normalized spacial score (nSPS) is 14.4. The van der Waals surface area contributed by atoms with Crippen LogP contribution in [0.5, 0.6) is 5.75 Å². The first-order valence-electron chi connectivity index (χ1n) is 9.59. The number of hydrogen-bond donors (Lipinski definition) is 1. The summed E-state index contributed by atoms with van der Waals surface area (Å²) in [4.78, 5) is 39.6. The van der Waals surface area contributed by atoms with Crippen LogP contribution in [0.4, 0.5) is 4.79 Å². The number of benzene rings is 1. The summed E-state index contributed by atoms with van der Waals surface area (Å²) in [5.41, 5.74) is 0. The molecule has 3 amide bonds. The number of nitrogens with zero attached hydrogens (tertiary/aromatic N) is 2. The standard InChI is InChI=1S/C20H29N3O5/c1-16(2)14-28-20(26)23-10-6-9-22(11-12-23)19(25)13-21-18(24)15-27-17-7-4-3-5-8-17/h3-5,7-8,16H,6,9-15H2,1-2H3,(H,21,24). The molecule has 154 valence electrons. The quantitative estimate of drug-likeness (QED) is 0.761. The monoisotopic (exact) mass is 391 g/mol. The summed E-state index contributed by atoms with van der Waals surface area (Å²) >= 11 is 0. The van der Waals surface area contributed by atoms with Crippen LogP contribution >= 0.6 is 0 Å². The molecule has 1 aromatic rings. The Morgan fingerprint density at radius 2 is 1.71 bits per heavy atom. The molecule has 0 atom stereocenters. The van der Waals surface area contributed by atoms with E-state index in [0.29, 0.717) is 45.0 Å². The van der Waals surface area contributed by atoms with Crippen LogP contribution < -0.4 is 10.1 Å². The Balaban J connectivity index is 1.69. The summed E-state index contributed by atoms with van der Waals surface area (Å²) in [6, 6.07) is 9.01. The third kappa shape index (κ3) is 7.46. The number of para-hydroxylation sites is 1. The Hall–Kier alpha value is -2.77. The van der Waals surface area contributed by atoms with Crippen molar-refractivity contribution in [2.45, 2.75) is 20.3 Å². The summed E-state index contributed by atoms with van der Waals surface area (Å²) in [5.74, 6) is 0.348. The van der Waals surface area contributed by atoms with Gasteiger partial charge in [-0.05, 0) is 24.5 Å². The Labute approximate surface area is 165 Å². The van der Waals surface area contributed by atoms with Gasteiger partial charge in [0.05, 0.1) is 13.2 Å². The third-order valence-electron chi connectivity index (χ3n) is 4.20. The molecule has 1 aliphatic rings. The second kappa shape index (κ2) is 11.2. The molecule has 2 rings (SSSR count). The fourth-order valence-electron chi connectivity index (χ4n) is 2.68. The lowest BCUT2D eigenvalue weighted by Gasteiger charge is -2.22. The minimum Gasteiger partial charge on any atom is -0.484 e. The molecular weight excluding hydrogens is 362 g/mol. The van der Waals surface area contributed by atoms with Gasteiger partial charge < -0.3 is 24.6 Å². The van der Waals surface area contributed by atoms with Crippen molar-refractivity contribution in [1.29, 1.82) is 0 Å². The van der Waals surface area contributed by atoms with E-state index in [-0.39, 0.29) is 37.0 Å². The fourth-order valence-corrected chi connectivity index (χ4v) is 2.68. The molecule has 0 radical (unpaired) electrons. The second-order valence-corrected chi connectivity index (χ2v) is 7.07. The molecule has 1 aromatic carbocycles. The average molecular weight is 391 g/mol. The third-order valence-corrected chi connectivity index (χ3v) is 4.20. The van der Waals surface area contributed by atoms with E-state index >= 15 is 0 Å². The average Bonchev–Trinajstić information content (AvgIpc) is 2.95. The molecule has 0 saturated carbocycles.